The second-order valence-corrected chi connectivity index (χ2v) is 3.08. The molecule has 0 bridgehead atoms. The first-order chi connectivity index (χ1) is 8.49. The molecule has 1 rings (SSSR count). The zero-order chi connectivity index (χ0) is 13.7. The molecule has 18 heavy (non-hydrogen) atoms. The smallest absolute Gasteiger partial charge is 0.387 e. The van der Waals surface area contributed by atoms with Gasteiger partial charge in [0.15, 0.2) is 0 Å². The van der Waals surface area contributed by atoms with Crippen molar-refractivity contribution in [3.8, 4) is 17.6 Å². The lowest BCUT2D eigenvalue weighted by Crippen LogP contribution is -2.12. The van der Waals surface area contributed by atoms with Crippen LogP contribution in [0.4, 0.5) is 8.78 Å². The van der Waals surface area contributed by atoms with E-state index in [0.717, 1.165) is 12.1 Å². The minimum atomic E-state index is -3.19. The summed E-state index contributed by atoms with van der Waals surface area (Å²) in [4.78, 5) is 11.6. The molecule has 0 saturated heterocycles. The Hall–Kier alpha value is -2.36. The van der Waals surface area contributed by atoms with Gasteiger partial charge in [0.2, 0.25) is 0 Å². The Bertz CT molecular complexity index is 497. The van der Waals surface area contributed by atoms with Gasteiger partial charge >= 0.3 is 12.6 Å². The van der Waals surface area contributed by atoms with Crippen molar-refractivity contribution in [1.82, 2.24) is 0 Å². The first kappa shape index (κ1) is 13.7. The molecule has 96 valence electrons. The van der Waals surface area contributed by atoms with Gasteiger partial charge in [0.1, 0.15) is 23.1 Å². The standard InChI is InChI=1S/C11H9F2NO4/c1-2-17-10(16)9-6(5-14)3-7(15)4-8(9)18-11(12)13/h3-4,11,15H,2H2,1H3. The van der Waals surface area contributed by atoms with Crippen LogP contribution in [-0.4, -0.2) is 24.3 Å². The molecule has 0 spiro atoms. The van der Waals surface area contributed by atoms with Crippen LogP contribution in [0.1, 0.15) is 22.8 Å². The molecular formula is C11H9F2NO4. The van der Waals surface area contributed by atoms with E-state index in [-0.39, 0.29) is 12.2 Å². The topological polar surface area (TPSA) is 79.6 Å². The third-order valence-corrected chi connectivity index (χ3v) is 1.90. The maximum absolute atomic E-state index is 12.2. The van der Waals surface area contributed by atoms with Gasteiger partial charge < -0.3 is 14.6 Å². The van der Waals surface area contributed by atoms with Gasteiger partial charge in [-0.2, -0.15) is 14.0 Å². The van der Waals surface area contributed by atoms with Gasteiger partial charge in [0, 0.05) is 6.07 Å². The van der Waals surface area contributed by atoms with E-state index in [1.165, 1.54) is 6.92 Å². The summed E-state index contributed by atoms with van der Waals surface area (Å²) in [6.45, 7) is -1.65. The van der Waals surface area contributed by atoms with E-state index in [0.29, 0.717) is 0 Å². The molecule has 0 radical (unpaired) electrons. The van der Waals surface area contributed by atoms with E-state index < -0.39 is 29.6 Å². The number of carbonyl (C=O) groups excluding carboxylic acids is 1. The summed E-state index contributed by atoms with van der Waals surface area (Å²) in [5.41, 5.74) is -0.735. The maximum atomic E-state index is 12.2. The molecule has 0 heterocycles. The Labute approximate surface area is 101 Å². The third-order valence-electron chi connectivity index (χ3n) is 1.90. The van der Waals surface area contributed by atoms with Gasteiger partial charge in [-0.25, -0.2) is 4.79 Å². The number of carbonyl (C=O) groups is 1. The molecule has 0 saturated carbocycles. The van der Waals surface area contributed by atoms with Crippen LogP contribution in [0.2, 0.25) is 0 Å². The first-order valence-electron chi connectivity index (χ1n) is 4.88. The molecular weight excluding hydrogens is 248 g/mol. The van der Waals surface area contributed by atoms with Crippen molar-refractivity contribution in [2.24, 2.45) is 0 Å². The Kier molecular flexibility index (Phi) is 4.43. The predicted octanol–water partition coefficient (Wildman–Crippen LogP) is 2.04. The highest BCUT2D eigenvalue weighted by Gasteiger charge is 2.22. The number of alkyl halides is 2. The number of nitriles is 1. The number of phenolic OH excluding ortho intramolecular Hbond substituents is 1. The number of nitrogens with zero attached hydrogens (tertiary/aromatic N) is 1. The van der Waals surface area contributed by atoms with Gasteiger partial charge in [-0.3, -0.25) is 0 Å². The Morgan fingerprint density at radius 3 is 2.72 bits per heavy atom. The normalized spacial score (nSPS) is 9.94. The number of hydrogen-bond donors (Lipinski definition) is 1. The van der Waals surface area contributed by atoms with Gasteiger partial charge in [-0.05, 0) is 13.0 Å². The molecule has 5 nitrogen and oxygen atoms in total. The average Bonchev–Trinajstić information content (AvgIpc) is 2.27. The number of ether oxygens (including phenoxy) is 2. The number of rotatable bonds is 4. The molecule has 0 unspecified atom stereocenters. The van der Waals surface area contributed by atoms with Crippen molar-refractivity contribution >= 4 is 5.97 Å². The molecule has 1 aromatic rings. The molecule has 0 aromatic heterocycles. The fourth-order valence-electron chi connectivity index (χ4n) is 1.29. The minimum absolute atomic E-state index is 0.0126. The highest BCUT2D eigenvalue weighted by molar-refractivity contribution is 5.95. The monoisotopic (exact) mass is 257 g/mol. The van der Waals surface area contributed by atoms with Gasteiger partial charge in [0.05, 0.1) is 12.2 Å². The van der Waals surface area contributed by atoms with E-state index in [9.17, 15) is 18.7 Å². The van der Waals surface area contributed by atoms with Crippen LogP contribution in [0.15, 0.2) is 12.1 Å². The predicted molar refractivity (Wildman–Crippen MR) is 55.4 cm³/mol. The van der Waals surface area contributed by atoms with Gasteiger partial charge in [-0.15, -0.1) is 0 Å². The lowest BCUT2D eigenvalue weighted by atomic mass is 10.1. The van der Waals surface area contributed by atoms with Crippen LogP contribution < -0.4 is 4.74 Å². The van der Waals surface area contributed by atoms with Crippen LogP contribution in [0.3, 0.4) is 0 Å². The van der Waals surface area contributed by atoms with Crippen LogP contribution in [0.25, 0.3) is 0 Å². The summed E-state index contributed by atoms with van der Waals surface area (Å²) in [7, 11) is 0. The van der Waals surface area contributed by atoms with Crippen LogP contribution in [0, 0.1) is 11.3 Å². The summed E-state index contributed by atoms with van der Waals surface area (Å²) in [6.07, 6.45) is 0. The zero-order valence-corrected chi connectivity index (χ0v) is 9.31. The summed E-state index contributed by atoms with van der Waals surface area (Å²) < 4.78 is 33.1. The highest BCUT2D eigenvalue weighted by atomic mass is 19.3. The maximum Gasteiger partial charge on any atom is 0.387 e. The number of aromatic hydroxyl groups is 1. The number of halogens is 2. The van der Waals surface area contributed by atoms with Crippen molar-refractivity contribution in [2.45, 2.75) is 13.5 Å². The highest BCUT2D eigenvalue weighted by Crippen LogP contribution is 2.30. The van der Waals surface area contributed by atoms with E-state index >= 15 is 0 Å². The Morgan fingerprint density at radius 2 is 2.22 bits per heavy atom. The molecule has 0 aliphatic carbocycles. The molecule has 1 N–H and O–H groups in total. The lowest BCUT2D eigenvalue weighted by Gasteiger charge is -2.11. The first-order valence-corrected chi connectivity index (χ1v) is 4.88. The quantitative estimate of drug-likeness (QED) is 0.835. The molecule has 7 heteroatoms. The van der Waals surface area contributed by atoms with Crippen molar-refractivity contribution in [3.05, 3.63) is 23.3 Å². The van der Waals surface area contributed by atoms with E-state index in [4.69, 9.17) is 5.26 Å². The fraction of sp³-hybridized carbons (Fsp3) is 0.273. The molecule has 0 fully saturated rings. The summed E-state index contributed by atoms with van der Waals surface area (Å²) in [6, 6.07) is 3.39. The number of benzene rings is 1. The summed E-state index contributed by atoms with van der Waals surface area (Å²) in [5.74, 6) is -2.03. The minimum Gasteiger partial charge on any atom is -0.508 e. The van der Waals surface area contributed by atoms with Crippen LogP contribution in [-0.2, 0) is 4.74 Å². The van der Waals surface area contributed by atoms with Crippen molar-refractivity contribution in [3.63, 3.8) is 0 Å². The molecule has 0 amide bonds. The molecule has 0 atom stereocenters. The summed E-state index contributed by atoms with van der Waals surface area (Å²) >= 11 is 0. The lowest BCUT2D eigenvalue weighted by molar-refractivity contribution is -0.0505. The van der Waals surface area contributed by atoms with E-state index in [1.807, 2.05) is 0 Å². The van der Waals surface area contributed by atoms with Crippen LogP contribution in [0.5, 0.6) is 11.5 Å². The second kappa shape index (κ2) is 5.82. The van der Waals surface area contributed by atoms with E-state index in [2.05, 4.69) is 9.47 Å². The van der Waals surface area contributed by atoms with Crippen LogP contribution >= 0.6 is 0 Å². The molecule has 1 aromatic carbocycles. The number of hydrogen-bond acceptors (Lipinski definition) is 5. The van der Waals surface area contributed by atoms with Crippen molar-refractivity contribution in [2.75, 3.05) is 6.61 Å². The number of phenols is 1. The van der Waals surface area contributed by atoms with E-state index in [1.54, 1.807) is 6.07 Å². The Morgan fingerprint density at radius 1 is 1.56 bits per heavy atom. The summed E-state index contributed by atoms with van der Waals surface area (Å²) in [5, 5.41) is 18.1. The molecule has 0 aliphatic heterocycles. The molecule has 0 aliphatic rings. The van der Waals surface area contributed by atoms with Crippen molar-refractivity contribution < 1.29 is 28.2 Å². The number of esters is 1. The largest absolute Gasteiger partial charge is 0.508 e. The van der Waals surface area contributed by atoms with Gasteiger partial charge in [-0.1, -0.05) is 0 Å². The second-order valence-electron chi connectivity index (χ2n) is 3.08. The third kappa shape index (κ3) is 3.07. The Balaban J connectivity index is 3.33. The SMILES string of the molecule is CCOC(=O)c1c(C#N)cc(O)cc1OC(F)F. The average molecular weight is 257 g/mol. The zero-order valence-electron chi connectivity index (χ0n) is 9.31. The fourth-order valence-corrected chi connectivity index (χ4v) is 1.29. The van der Waals surface area contributed by atoms with Gasteiger partial charge in [0.25, 0.3) is 0 Å². The van der Waals surface area contributed by atoms with Crippen molar-refractivity contribution in [1.29, 1.82) is 5.26 Å².